The van der Waals surface area contributed by atoms with Crippen LogP contribution in [0.25, 0.3) is 0 Å². The van der Waals surface area contributed by atoms with Crippen molar-refractivity contribution >= 4 is 22.1 Å². The third-order valence-electron chi connectivity index (χ3n) is 7.81. The van der Waals surface area contributed by atoms with Crippen LogP contribution in [0.2, 0.25) is 0 Å². The number of esters is 1. The second-order valence-electron chi connectivity index (χ2n) is 12.6. The summed E-state index contributed by atoms with van der Waals surface area (Å²) in [4.78, 5) is 26.5. The zero-order valence-corrected chi connectivity index (χ0v) is 30.4. The van der Waals surface area contributed by atoms with Gasteiger partial charge in [0.05, 0.1) is 82.2 Å². The molecule has 1 aliphatic rings. The average molecular weight is 708 g/mol. The van der Waals surface area contributed by atoms with Crippen LogP contribution in [0, 0.1) is 5.92 Å². The first-order valence-electron chi connectivity index (χ1n) is 16.5. The number of aldehydes is 1. The lowest BCUT2D eigenvalue weighted by Gasteiger charge is -2.34. The maximum Gasteiger partial charge on any atom is 0.337 e. The Balaban J connectivity index is 1.59. The molecule has 0 aliphatic carbocycles. The van der Waals surface area contributed by atoms with Crippen LogP contribution in [-0.4, -0.2) is 155 Å². The Bertz CT molecular complexity index is 1150. The Kier molecular flexibility index (Phi) is 19.2. The van der Waals surface area contributed by atoms with Gasteiger partial charge in [0, 0.05) is 38.9 Å². The molecule has 1 aromatic heterocycles. The molecule has 0 saturated carbocycles. The number of carbonyl (C=O) groups excluding carboxylic acids is 2. The van der Waals surface area contributed by atoms with Gasteiger partial charge in [0.25, 0.3) is 0 Å². The van der Waals surface area contributed by atoms with Crippen LogP contribution in [-0.2, 0) is 65.7 Å². The maximum absolute atomic E-state index is 12.7. The molecule has 1 aromatic rings. The van der Waals surface area contributed by atoms with Gasteiger partial charge in [0.15, 0.2) is 22.2 Å². The SMILES string of the molecule is COC(=O)C(OC(C=O)OC(C)(C)C(C)C)C(CNCCOCCOCCOCCn1cc(CN2CCS(=O)(=O)CC2)nn1)OC(C)C. The number of sulfone groups is 1. The van der Waals surface area contributed by atoms with E-state index >= 15 is 0 Å². The van der Waals surface area contributed by atoms with E-state index in [2.05, 4.69) is 20.5 Å². The minimum absolute atomic E-state index is 0.0959. The summed E-state index contributed by atoms with van der Waals surface area (Å²) in [5.74, 6) is -0.203. The van der Waals surface area contributed by atoms with E-state index in [9.17, 15) is 18.0 Å². The third-order valence-corrected chi connectivity index (χ3v) is 9.42. The van der Waals surface area contributed by atoms with Gasteiger partial charge in [-0.1, -0.05) is 19.1 Å². The molecule has 0 radical (unpaired) electrons. The monoisotopic (exact) mass is 707 g/mol. The van der Waals surface area contributed by atoms with Crippen LogP contribution < -0.4 is 5.32 Å². The summed E-state index contributed by atoms with van der Waals surface area (Å²) in [6, 6.07) is 0. The molecule has 0 aromatic carbocycles. The van der Waals surface area contributed by atoms with Crippen LogP contribution in [0.3, 0.4) is 0 Å². The van der Waals surface area contributed by atoms with Crippen molar-refractivity contribution in [2.45, 2.75) is 84.8 Å². The van der Waals surface area contributed by atoms with E-state index < -0.39 is 39.9 Å². The maximum atomic E-state index is 12.7. The van der Waals surface area contributed by atoms with Crippen LogP contribution in [0.1, 0.15) is 47.2 Å². The van der Waals surface area contributed by atoms with Crippen LogP contribution in [0.4, 0.5) is 0 Å². The molecule has 48 heavy (non-hydrogen) atoms. The Morgan fingerprint density at radius 2 is 1.62 bits per heavy atom. The van der Waals surface area contributed by atoms with Gasteiger partial charge in [0.1, 0.15) is 6.10 Å². The fourth-order valence-electron chi connectivity index (χ4n) is 4.40. The third kappa shape index (κ3) is 16.5. The molecule has 0 bridgehead atoms. The zero-order chi connectivity index (χ0) is 35.6. The smallest absolute Gasteiger partial charge is 0.337 e. The van der Waals surface area contributed by atoms with E-state index in [0.29, 0.717) is 78.7 Å². The Labute approximate surface area is 285 Å². The van der Waals surface area contributed by atoms with Gasteiger partial charge in [-0.2, -0.15) is 0 Å². The molecule has 3 unspecified atom stereocenters. The molecule has 0 spiro atoms. The summed E-state index contributed by atoms with van der Waals surface area (Å²) in [5, 5.41) is 11.5. The quantitative estimate of drug-likeness (QED) is 0.0608. The van der Waals surface area contributed by atoms with Crippen molar-refractivity contribution in [2.24, 2.45) is 5.92 Å². The first-order chi connectivity index (χ1) is 22.8. The molecule has 1 aliphatic heterocycles. The van der Waals surface area contributed by atoms with Gasteiger partial charge in [0.2, 0.25) is 6.29 Å². The van der Waals surface area contributed by atoms with Crippen molar-refractivity contribution in [3.8, 4) is 0 Å². The van der Waals surface area contributed by atoms with E-state index in [-0.39, 0.29) is 30.1 Å². The summed E-state index contributed by atoms with van der Waals surface area (Å²) in [7, 11) is -1.65. The molecule has 0 amide bonds. The second kappa shape index (κ2) is 21.9. The van der Waals surface area contributed by atoms with E-state index in [1.54, 1.807) is 4.68 Å². The van der Waals surface area contributed by atoms with E-state index in [4.69, 9.17) is 33.2 Å². The average Bonchev–Trinajstić information content (AvgIpc) is 3.48. The summed E-state index contributed by atoms with van der Waals surface area (Å²) >= 11 is 0. The number of hydrogen-bond donors (Lipinski definition) is 1. The number of rotatable bonds is 26. The Hall–Kier alpha value is -2.09. The van der Waals surface area contributed by atoms with E-state index in [0.717, 1.165) is 5.69 Å². The van der Waals surface area contributed by atoms with Crippen molar-refractivity contribution in [1.82, 2.24) is 25.2 Å². The lowest BCUT2D eigenvalue weighted by Crippen LogP contribution is -2.50. The van der Waals surface area contributed by atoms with Gasteiger partial charge in [-0.3, -0.25) is 9.69 Å². The van der Waals surface area contributed by atoms with Crippen LogP contribution in [0.15, 0.2) is 6.20 Å². The molecule has 2 heterocycles. The second-order valence-corrected chi connectivity index (χ2v) is 14.9. The fourth-order valence-corrected chi connectivity index (χ4v) is 5.68. The van der Waals surface area contributed by atoms with Gasteiger partial charge in [-0.05, 0) is 33.6 Å². The molecule has 16 nitrogen and oxygen atoms in total. The first-order valence-corrected chi connectivity index (χ1v) is 18.4. The van der Waals surface area contributed by atoms with Crippen LogP contribution in [0.5, 0.6) is 0 Å². The van der Waals surface area contributed by atoms with Gasteiger partial charge in [-0.15, -0.1) is 5.10 Å². The summed E-state index contributed by atoms with van der Waals surface area (Å²) in [6.07, 6.45) is -1.06. The fraction of sp³-hybridized carbons (Fsp3) is 0.871. The van der Waals surface area contributed by atoms with Crippen molar-refractivity contribution < 1.29 is 51.2 Å². The molecule has 1 saturated heterocycles. The molecular weight excluding hydrogens is 650 g/mol. The van der Waals surface area contributed by atoms with Crippen molar-refractivity contribution in [3.63, 3.8) is 0 Å². The number of carbonyl (C=O) groups is 2. The molecule has 278 valence electrons. The van der Waals surface area contributed by atoms with Gasteiger partial charge >= 0.3 is 5.97 Å². The Morgan fingerprint density at radius 3 is 2.21 bits per heavy atom. The normalized spacial score (nSPS) is 17.4. The van der Waals surface area contributed by atoms with Gasteiger partial charge in [-0.25, -0.2) is 17.9 Å². The highest BCUT2D eigenvalue weighted by atomic mass is 32.2. The minimum atomic E-state index is -2.90. The summed E-state index contributed by atoms with van der Waals surface area (Å²) < 4.78 is 64.2. The standard InChI is InChI=1S/C31H57N5O11S/c1-24(2)31(5,6)47-28(23-37)46-29(30(38)41-7)27(45-25(3)4)20-32-8-12-42-14-16-44-17-15-43-13-9-36-22-26(33-34-36)21-35-10-18-48(39,40)19-11-35/h22-25,27-29,32H,8-21H2,1-7H3. The van der Waals surface area contributed by atoms with E-state index in [1.807, 2.05) is 47.7 Å². The lowest BCUT2D eigenvalue weighted by atomic mass is 9.95. The molecule has 1 fully saturated rings. The first kappa shape index (κ1) is 42.1. The molecule has 2 rings (SSSR count). The lowest BCUT2D eigenvalue weighted by molar-refractivity contribution is -0.237. The topological polar surface area (TPSA) is 179 Å². The Morgan fingerprint density at radius 1 is 1.00 bits per heavy atom. The van der Waals surface area contributed by atoms with Crippen molar-refractivity contribution in [2.75, 3.05) is 84.4 Å². The highest BCUT2D eigenvalue weighted by molar-refractivity contribution is 7.91. The number of ether oxygens (including phenoxy) is 7. The van der Waals surface area contributed by atoms with Crippen LogP contribution >= 0.6 is 0 Å². The molecule has 1 N–H and O–H groups in total. The number of aromatic nitrogens is 3. The molecule has 3 atom stereocenters. The highest BCUT2D eigenvalue weighted by Crippen LogP contribution is 2.23. The summed E-state index contributed by atoms with van der Waals surface area (Å²) in [5.41, 5.74) is 0.137. The number of methoxy groups -OCH3 is 1. The number of hydrogen-bond acceptors (Lipinski definition) is 15. The molecule has 17 heteroatoms. The number of nitrogens with one attached hydrogen (secondary N) is 1. The predicted molar refractivity (Wildman–Crippen MR) is 176 cm³/mol. The van der Waals surface area contributed by atoms with Gasteiger partial charge < -0.3 is 38.5 Å². The minimum Gasteiger partial charge on any atom is -0.467 e. The summed E-state index contributed by atoms with van der Waals surface area (Å²) in [6.45, 7) is 16.7. The molecular formula is C31H57N5O11S. The van der Waals surface area contributed by atoms with Crippen molar-refractivity contribution in [1.29, 1.82) is 0 Å². The van der Waals surface area contributed by atoms with E-state index in [1.165, 1.54) is 7.11 Å². The number of nitrogens with zero attached hydrogens (tertiary/aromatic N) is 4. The predicted octanol–water partition coefficient (Wildman–Crippen LogP) is 0.476. The zero-order valence-electron chi connectivity index (χ0n) is 29.6. The highest BCUT2D eigenvalue weighted by Gasteiger charge is 2.37. The largest absolute Gasteiger partial charge is 0.467 e. The van der Waals surface area contributed by atoms with Crippen molar-refractivity contribution in [3.05, 3.63) is 11.9 Å².